The number of hydrogen-bond acceptors (Lipinski definition) is 5. The van der Waals surface area contributed by atoms with E-state index in [1.54, 1.807) is 11.3 Å². The van der Waals surface area contributed by atoms with Crippen molar-refractivity contribution >= 4 is 17.3 Å². The summed E-state index contributed by atoms with van der Waals surface area (Å²) < 4.78 is 5.46. The Morgan fingerprint density at radius 2 is 2.25 bits per heavy atom. The van der Waals surface area contributed by atoms with Crippen LogP contribution < -0.4 is 5.32 Å². The van der Waals surface area contributed by atoms with Gasteiger partial charge in [0.2, 0.25) is 0 Å². The molecule has 6 nitrogen and oxygen atoms in total. The third-order valence-corrected chi connectivity index (χ3v) is 5.84. The first kappa shape index (κ1) is 17.6. The van der Waals surface area contributed by atoms with E-state index in [2.05, 4.69) is 37.4 Å². The van der Waals surface area contributed by atoms with Crippen molar-refractivity contribution in [2.75, 3.05) is 53.0 Å². The van der Waals surface area contributed by atoms with Crippen molar-refractivity contribution in [3.63, 3.8) is 0 Å². The van der Waals surface area contributed by atoms with Gasteiger partial charge in [-0.1, -0.05) is 6.92 Å². The highest BCUT2D eigenvalue weighted by Gasteiger charge is 2.30. The van der Waals surface area contributed by atoms with Gasteiger partial charge in [0, 0.05) is 57.6 Å². The van der Waals surface area contributed by atoms with E-state index in [4.69, 9.17) is 4.74 Å². The summed E-state index contributed by atoms with van der Waals surface area (Å²) in [5.74, 6) is 1.02. The molecule has 1 aromatic heterocycles. The Bertz CT molecular complexity index is 541. The lowest BCUT2D eigenvalue weighted by molar-refractivity contribution is 0.0195. The van der Waals surface area contributed by atoms with E-state index in [1.807, 2.05) is 7.05 Å². The smallest absolute Gasteiger partial charge is 0.193 e. The van der Waals surface area contributed by atoms with E-state index in [0.717, 1.165) is 64.7 Å². The zero-order chi connectivity index (χ0) is 16.8. The highest BCUT2D eigenvalue weighted by atomic mass is 32.1. The minimum atomic E-state index is 0.637. The van der Waals surface area contributed by atoms with Crippen LogP contribution in [0.3, 0.4) is 0 Å². The molecule has 1 N–H and O–H groups in total. The number of aromatic nitrogens is 1. The third kappa shape index (κ3) is 4.46. The predicted octanol–water partition coefficient (Wildman–Crippen LogP) is 1.23. The van der Waals surface area contributed by atoms with Crippen molar-refractivity contribution in [1.29, 1.82) is 0 Å². The Morgan fingerprint density at radius 3 is 2.96 bits per heavy atom. The first-order valence-corrected chi connectivity index (χ1v) is 9.88. The molecule has 0 aliphatic carbocycles. The number of aryl methyl sites for hydroxylation is 1. The highest BCUT2D eigenvalue weighted by molar-refractivity contribution is 7.09. The van der Waals surface area contributed by atoms with Gasteiger partial charge in [-0.25, -0.2) is 4.98 Å². The molecular weight excluding hydrogens is 322 g/mol. The molecule has 2 aliphatic heterocycles. The van der Waals surface area contributed by atoms with Crippen LogP contribution in [0.2, 0.25) is 0 Å². The van der Waals surface area contributed by atoms with Crippen LogP contribution in [0.4, 0.5) is 0 Å². The summed E-state index contributed by atoms with van der Waals surface area (Å²) in [6.07, 6.45) is 3.19. The summed E-state index contributed by atoms with van der Waals surface area (Å²) in [6, 6.07) is 0.637. The molecule has 0 amide bonds. The Balaban J connectivity index is 1.44. The zero-order valence-corrected chi connectivity index (χ0v) is 15.6. The van der Waals surface area contributed by atoms with Gasteiger partial charge in [-0.2, -0.15) is 0 Å². The molecule has 24 heavy (non-hydrogen) atoms. The number of nitrogens with zero attached hydrogens (tertiary/aromatic N) is 4. The normalized spacial score (nSPS) is 23.0. The van der Waals surface area contributed by atoms with Crippen molar-refractivity contribution in [2.24, 2.45) is 4.99 Å². The Labute approximate surface area is 148 Å². The summed E-state index contributed by atoms with van der Waals surface area (Å²) in [5.41, 5.74) is 1.19. The summed E-state index contributed by atoms with van der Waals surface area (Å²) in [7, 11) is 1.88. The fourth-order valence-corrected chi connectivity index (χ4v) is 4.21. The number of hydrogen-bond donors (Lipinski definition) is 1. The molecule has 2 aliphatic rings. The minimum absolute atomic E-state index is 0.637. The van der Waals surface area contributed by atoms with Crippen LogP contribution in [0, 0.1) is 0 Å². The van der Waals surface area contributed by atoms with Gasteiger partial charge in [0.1, 0.15) is 0 Å². The van der Waals surface area contributed by atoms with Gasteiger partial charge < -0.3 is 15.0 Å². The lowest BCUT2D eigenvalue weighted by atomic mass is 10.2. The van der Waals surface area contributed by atoms with E-state index in [-0.39, 0.29) is 0 Å². The number of aliphatic imine (C=N–C) groups is 1. The third-order valence-electron chi connectivity index (χ3n) is 4.80. The summed E-state index contributed by atoms with van der Waals surface area (Å²) in [5, 5.41) is 6.91. The summed E-state index contributed by atoms with van der Waals surface area (Å²) in [4.78, 5) is 14.1. The van der Waals surface area contributed by atoms with Crippen LogP contribution in [0.25, 0.3) is 0 Å². The van der Waals surface area contributed by atoms with Crippen LogP contribution in [0.5, 0.6) is 0 Å². The number of thiazole rings is 1. The molecule has 7 heteroatoms. The van der Waals surface area contributed by atoms with Crippen molar-refractivity contribution in [1.82, 2.24) is 20.1 Å². The molecule has 0 saturated carbocycles. The van der Waals surface area contributed by atoms with Crippen molar-refractivity contribution < 1.29 is 4.74 Å². The van der Waals surface area contributed by atoms with E-state index in [9.17, 15) is 0 Å². The molecule has 1 aromatic rings. The molecule has 0 bridgehead atoms. The lowest BCUT2D eigenvalue weighted by Crippen LogP contribution is -2.46. The molecule has 3 heterocycles. The first-order chi connectivity index (χ1) is 11.8. The maximum Gasteiger partial charge on any atom is 0.193 e. The largest absolute Gasteiger partial charge is 0.379 e. The van der Waals surface area contributed by atoms with Crippen LogP contribution in [0.15, 0.2) is 10.4 Å². The van der Waals surface area contributed by atoms with Gasteiger partial charge in [0.15, 0.2) is 5.96 Å². The first-order valence-electron chi connectivity index (χ1n) is 9.00. The Kier molecular flexibility index (Phi) is 6.45. The lowest BCUT2D eigenvalue weighted by Gasteiger charge is -2.32. The number of ether oxygens (including phenoxy) is 1. The number of nitrogens with one attached hydrogen (secondary N) is 1. The van der Waals surface area contributed by atoms with Crippen molar-refractivity contribution in [3.05, 3.63) is 16.1 Å². The fraction of sp³-hybridized carbons (Fsp3) is 0.765. The molecule has 134 valence electrons. The monoisotopic (exact) mass is 351 g/mol. The Morgan fingerprint density at radius 1 is 1.42 bits per heavy atom. The van der Waals surface area contributed by atoms with Gasteiger partial charge in [0.05, 0.1) is 23.9 Å². The van der Waals surface area contributed by atoms with Crippen molar-refractivity contribution in [3.8, 4) is 0 Å². The second-order valence-corrected chi connectivity index (χ2v) is 7.29. The topological polar surface area (TPSA) is 53.0 Å². The van der Waals surface area contributed by atoms with Gasteiger partial charge in [-0.15, -0.1) is 11.3 Å². The van der Waals surface area contributed by atoms with E-state index in [0.29, 0.717) is 6.04 Å². The molecule has 2 saturated heterocycles. The van der Waals surface area contributed by atoms with Crippen LogP contribution in [-0.4, -0.2) is 79.8 Å². The molecule has 0 radical (unpaired) electrons. The molecule has 0 aromatic carbocycles. The average Bonchev–Trinajstić information content (AvgIpc) is 3.29. The van der Waals surface area contributed by atoms with E-state index >= 15 is 0 Å². The van der Waals surface area contributed by atoms with Crippen LogP contribution >= 0.6 is 11.3 Å². The van der Waals surface area contributed by atoms with Crippen LogP contribution in [0.1, 0.15) is 24.0 Å². The number of morpholine rings is 1. The molecular formula is C17H29N5OS. The Hall–Kier alpha value is -1.18. The molecule has 1 atom stereocenters. The number of rotatable bonds is 5. The quantitative estimate of drug-likeness (QED) is 0.639. The molecule has 2 fully saturated rings. The molecule has 1 unspecified atom stereocenters. The maximum atomic E-state index is 5.46. The maximum absolute atomic E-state index is 5.46. The average molecular weight is 352 g/mol. The van der Waals surface area contributed by atoms with E-state index in [1.165, 1.54) is 17.1 Å². The standard InChI is InChI=1S/C17H29N5OS/c1-3-16-20-14(13-24-16)4-6-19-17(18-2)22-7-5-15(12-22)21-8-10-23-11-9-21/h13,15H,3-12H2,1-2H3,(H,18,19). The number of likely N-dealkylation sites (tertiary alicyclic amines) is 1. The SMILES string of the molecule is CCc1nc(CCNC(=NC)N2CCC(N3CCOCC3)C2)cs1. The summed E-state index contributed by atoms with van der Waals surface area (Å²) in [6.45, 7) is 9.06. The second-order valence-electron chi connectivity index (χ2n) is 6.35. The van der Waals surface area contributed by atoms with Gasteiger partial charge in [0.25, 0.3) is 0 Å². The fourth-order valence-electron chi connectivity index (χ4n) is 3.44. The van der Waals surface area contributed by atoms with Crippen LogP contribution in [-0.2, 0) is 17.6 Å². The highest BCUT2D eigenvalue weighted by Crippen LogP contribution is 2.17. The summed E-state index contributed by atoms with van der Waals surface area (Å²) >= 11 is 1.76. The van der Waals surface area contributed by atoms with Gasteiger partial charge in [-0.05, 0) is 12.8 Å². The van der Waals surface area contributed by atoms with Crippen molar-refractivity contribution in [2.45, 2.75) is 32.2 Å². The van der Waals surface area contributed by atoms with Gasteiger partial charge >= 0.3 is 0 Å². The molecule has 0 spiro atoms. The predicted molar refractivity (Wildman–Crippen MR) is 98.9 cm³/mol. The van der Waals surface area contributed by atoms with Gasteiger partial charge in [-0.3, -0.25) is 9.89 Å². The number of guanidine groups is 1. The molecule has 3 rings (SSSR count). The van der Waals surface area contributed by atoms with E-state index < -0.39 is 0 Å². The minimum Gasteiger partial charge on any atom is -0.379 e. The zero-order valence-electron chi connectivity index (χ0n) is 14.8. The second kappa shape index (κ2) is 8.78.